The van der Waals surface area contributed by atoms with Gasteiger partial charge in [0.05, 0.1) is 6.04 Å². The van der Waals surface area contributed by atoms with E-state index in [9.17, 15) is 8.42 Å². The summed E-state index contributed by atoms with van der Waals surface area (Å²) in [5.41, 5.74) is 2.30. The van der Waals surface area contributed by atoms with Gasteiger partial charge in [-0.05, 0) is 48.0 Å². The molecule has 114 valence electrons. The van der Waals surface area contributed by atoms with Crippen molar-refractivity contribution < 1.29 is 8.42 Å². The molecule has 2 aromatic heterocycles. The number of hydrazine groups is 1. The molecule has 2 heterocycles. The number of anilines is 1. The second kappa shape index (κ2) is 6.41. The molecule has 0 saturated carbocycles. The summed E-state index contributed by atoms with van der Waals surface area (Å²) in [5, 5.41) is 0. The zero-order valence-electron chi connectivity index (χ0n) is 11.4. The maximum atomic E-state index is 12.5. The molecule has 0 aromatic carbocycles. The predicted octanol–water partition coefficient (Wildman–Crippen LogP) is 2.54. The monoisotopic (exact) mass is 390 g/mol. The van der Waals surface area contributed by atoms with E-state index in [4.69, 9.17) is 5.84 Å². The fraction of sp³-hybridized carbons (Fsp3) is 0.250. The molecule has 4 N–H and O–H groups in total. The van der Waals surface area contributed by atoms with Gasteiger partial charge >= 0.3 is 0 Å². The lowest BCUT2D eigenvalue weighted by Gasteiger charge is -2.15. The predicted molar refractivity (Wildman–Crippen MR) is 87.5 cm³/mol. The molecular weight excluding hydrogens is 376 g/mol. The van der Waals surface area contributed by atoms with Crippen molar-refractivity contribution >= 4 is 43.1 Å². The number of nitrogen functional groups attached to an aromatic ring is 1. The molecule has 0 aliphatic carbocycles. The average molecular weight is 391 g/mol. The highest BCUT2D eigenvalue weighted by molar-refractivity contribution is 9.10. The number of halogens is 1. The molecule has 0 radical (unpaired) electrons. The molecule has 0 bridgehead atoms. The molecule has 1 atom stereocenters. The zero-order valence-corrected chi connectivity index (χ0v) is 14.6. The SMILES string of the molecule is Cc1ccc(C(C)NS(=O)(=O)c2cc(Br)cnc2NN)s1. The Morgan fingerprint density at radius 3 is 2.71 bits per heavy atom. The van der Waals surface area contributed by atoms with E-state index in [0.717, 1.165) is 9.75 Å². The van der Waals surface area contributed by atoms with Crippen molar-refractivity contribution in [3.05, 3.63) is 38.6 Å². The lowest BCUT2D eigenvalue weighted by atomic mass is 10.3. The maximum absolute atomic E-state index is 12.5. The Morgan fingerprint density at radius 2 is 2.14 bits per heavy atom. The topological polar surface area (TPSA) is 97.1 Å². The minimum absolute atomic E-state index is 0.000460. The van der Waals surface area contributed by atoms with E-state index in [0.29, 0.717) is 4.47 Å². The van der Waals surface area contributed by atoms with Crippen LogP contribution in [0.1, 0.15) is 22.7 Å². The Morgan fingerprint density at radius 1 is 1.43 bits per heavy atom. The summed E-state index contributed by atoms with van der Waals surface area (Å²) in [4.78, 5) is 6.02. The van der Waals surface area contributed by atoms with Crippen LogP contribution >= 0.6 is 27.3 Å². The van der Waals surface area contributed by atoms with Crippen molar-refractivity contribution in [1.82, 2.24) is 9.71 Å². The van der Waals surface area contributed by atoms with Crippen molar-refractivity contribution in [2.24, 2.45) is 5.84 Å². The normalized spacial score (nSPS) is 13.1. The molecule has 6 nitrogen and oxygen atoms in total. The highest BCUT2D eigenvalue weighted by Crippen LogP contribution is 2.27. The van der Waals surface area contributed by atoms with Gasteiger partial charge in [-0.25, -0.2) is 24.0 Å². The van der Waals surface area contributed by atoms with E-state index in [1.54, 1.807) is 18.3 Å². The Hall–Kier alpha value is -1.00. The molecule has 21 heavy (non-hydrogen) atoms. The van der Waals surface area contributed by atoms with Gasteiger partial charge in [0.2, 0.25) is 10.0 Å². The fourth-order valence-corrected chi connectivity index (χ4v) is 4.58. The first kappa shape index (κ1) is 16.4. The second-order valence-corrected chi connectivity index (χ2v) is 8.35. The number of aryl methyl sites for hydroxylation is 1. The number of rotatable bonds is 5. The Kier molecular flexibility index (Phi) is 4.99. The largest absolute Gasteiger partial charge is 0.307 e. The minimum atomic E-state index is -3.74. The molecular formula is C12H15BrN4O2S2. The third-order valence-corrected chi connectivity index (χ3v) is 5.94. The molecule has 0 fully saturated rings. The number of nitrogens with two attached hydrogens (primary N) is 1. The molecule has 0 spiro atoms. The van der Waals surface area contributed by atoms with E-state index in [-0.39, 0.29) is 16.8 Å². The first-order chi connectivity index (χ1) is 9.83. The summed E-state index contributed by atoms with van der Waals surface area (Å²) < 4.78 is 28.2. The van der Waals surface area contributed by atoms with Gasteiger partial charge in [-0.3, -0.25) is 0 Å². The van der Waals surface area contributed by atoms with Crippen molar-refractivity contribution in [1.29, 1.82) is 0 Å². The van der Waals surface area contributed by atoms with Crippen LogP contribution in [0.5, 0.6) is 0 Å². The fourth-order valence-electron chi connectivity index (χ4n) is 1.77. The van der Waals surface area contributed by atoms with Crippen LogP contribution < -0.4 is 16.0 Å². The zero-order chi connectivity index (χ0) is 15.6. The summed E-state index contributed by atoms with van der Waals surface area (Å²) in [6, 6.07) is 4.99. The molecule has 1 unspecified atom stereocenters. The Bertz CT molecular complexity index is 745. The first-order valence-electron chi connectivity index (χ1n) is 6.04. The number of thiophene rings is 1. The molecule has 2 aromatic rings. The minimum Gasteiger partial charge on any atom is -0.307 e. The van der Waals surface area contributed by atoms with Gasteiger partial charge in [0.15, 0.2) is 5.82 Å². The number of aromatic nitrogens is 1. The summed E-state index contributed by atoms with van der Waals surface area (Å²) in [7, 11) is -3.74. The smallest absolute Gasteiger partial charge is 0.244 e. The third-order valence-electron chi connectivity index (χ3n) is 2.77. The quantitative estimate of drug-likeness (QED) is 0.538. The van der Waals surface area contributed by atoms with Crippen LogP contribution in [0.25, 0.3) is 0 Å². The van der Waals surface area contributed by atoms with Gasteiger partial charge in [0.25, 0.3) is 0 Å². The molecule has 0 amide bonds. The van der Waals surface area contributed by atoms with Crippen LogP contribution in [0, 0.1) is 6.92 Å². The summed E-state index contributed by atoms with van der Waals surface area (Å²) in [6.45, 7) is 3.77. The number of sulfonamides is 1. The molecule has 0 aliphatic heterocycles. The maximum Gasteiger partial charge on any atom is 0.244 e. The molecule has 0 saturated heterocycles. The van der Waals surface area contributed by atoms with Crippen molar-refractivity contribution in [3.63, 3.8) is 0 Å². The Labute approximate surface area is 135 Å². The van der Waals surface area contributed by atoms with Crippen LogP contribution in [0.2, 0.25) is 0 Å². The number of nitrogens with zero attached hydrogens (tertiary/aromatic N) is 1. The number of hydrogen-bond acceptors (Lipinski definition) is 6. The lowest BCUT2D eigenvalue weighted by Crippen LogP contribution is -2.28. The van der Waals surface area contributed by atoms with E-state index < -0.39 is 10.0 Å². The standard InChI is InChI=1S/C12H15BrN4O2S2/c1-7-3-4-10(20-7)8(2)17-21(18,19)11-5-9(13)6-15-12(11)16-14/h3-6,8,17H,14H2,1-2H3,(H,15,16). The van der Waals surface area contributed by atoms with Crippen LogP contribution in [0.15, 0.2) is 33.8 Å². The van der Waals surface area contributed by atoms with E-state index in [1.807, 2.05) is 19.1 Å². The van der Waals surface area contributed by atoms with Gasteiger partial charge in [0, 0.05) is 20.4 Å². The Balaban J connectivity index is 2.32. The molecule has 0 aliphatic rings. The first-order valence-corrected chi connectivity index (χ1v) is 9.13. The van der Waals surface area contributed by atoms with Crippen LogP contribution in [0.4, 0.5) is 5.82 Å². The van der Waals surface area contributed by atoms with Crippen molar-refractivity contribution in [2.75, 3.05) is 5.43 Å². The second-order valence-electron chi connectivity index (χ2n) is 4.44. The van der Waals surface area contributed by atoms with Crippen molar-refractivity contribution in [2.45, 2.75) is 24.8 Å². The van der Waals surface area contributed by atoms with E-state index in [2.05, 4.69) is 31.1 Å². The van der Waals surface area contributed by atoms with Gasteiger partial charge in [-0.1, -0.05) is 0 Å². The summed E-state index contributed by atoms with van der Waals surface area (Å²) in [6.07, 6.45) is 1.47. The van der Waals surface area contributed by atoms with Gasteiger partial charge < -0.3 is 5.43 Å². The highest BCUT2D eigenvalue weighted by atomic mass is 79.9. The number of nitrogens with one attached hydrogen (secondary N) is 2. The highest BCUT2D eigenvalue weighted by Gasteiger charge is 2.23. The van der Waals surface area contributed by atoms with Crippen LogP contribution in [0.3, 0.4) is 0 Å². The summed E-state index contributed by atoms with van der Waals surface area (Å²) in [5.74, 6) is 5.42. The number of hydrogen-bond donors (Lipinski definition) is 3. The van der Waals surface area contributed by atoms with E-state index in [1.165, 1.54) is 12.3 Å². The third kappa shape index (κ3) is 3.80. The molecule has 2 rings (SSSR count). The van der Waals surface area contributed by atoms with Gasteiger partial charge in [-0.15, -0.1) is 11.3 Å². The van der Waals surface area contributed by atoms with Gasteiger partial charge in [-0.2, -0.15) is 0 Å². The average Bonchev–Trinajstić information content (AvgIpc) is 2.85. The van der Waals surface area contributed by atoms with Crippen LogP contribution in [-0.2, 0) is 10.0 Å². The van der Waals surface area contributed by atoms with Crippen molar-refractivity contribution in [3.8, 4) is 0 Å². The lowest BCUT2D eigenvalue weighted by molar-refractivity contribution is 0.568. The summed E-state index contributed by atoms with van der Waals surface area (Å²) >= 11 is 4.76. The van der Waals surface area contributed by atoms with Gasteiger partial charge in [0.1, 0.15) is 4.90 Å². The number of pyridine rings is 1. The molecule has 9 heteroatoms. The van der Waals surface area contributed by atoms with E-state index >= 15 is 0 Å². The van der Waals surface area contributed by atoms with Crippen LogP contribution in [-0.4, -0.2) is 13.4 Å².